The number of rotatable bonds is 4. The fraction of sp³-hybridized carbons (Fsp3) is 0.208. The third-order valence-corrected chi connectivity index (χ3v) is 5.13. The number of aromatic nitrogens is 2. The molecule has 5 nitrogen and oxygen atoms in total. The summed E-state index contributed by atoms with van der Waals surface area (Å²) in [6.07, 6.45) is 5.14. The van der Waals surface area contributed by atoms with Crippen LogP contribution in [0.25, 0.3) is 17.3 Å². The van der Waals surface area contributed by atoms with Gasteiger partial charge in [-0.15, -0.1) is 0 Å². The predicted molar refractivity (Wildman–Crippen MR) is 116 cm³/mol. The van der Waals surface area contributed by atoms with E-state index in [1.165, 1.54) is 5.56 Å². The first-order valence-electron chi connectivity index (χ1n) is 9.85. The summed E-state index contributed by atoms with van der Waals surface area (Å²) in [7, 11) is 0. The number of aryl methyl sites for hydroxylation is 1. The van der Waals surface area contributed by atoms with E-state index in [2.05, 4.69) is 46.1 Å². The van der Waals surface area contributed by atoms with E-state index in [0.29, 0.717) is 13.1 Å². The van der Waals surface area contributed by atoms with E-state index in [1.807, 2.05) is 47.4 Å². The zero-order valence-electron chi connectivity index (χ0n) is 16.5. The number of benzene rings is 2. The summed E-state index contributed by atoms with van der Waals surface area (Å²) in [5.41, 5.74) is 4.26. The highest BCUT2D eigenvalue weighted by Gasteiger charge is 2.21. The minimum Gasteiger partial charge on any atom is -0.353 e. The normalized spacial score (nSPS) is 14.4. The first kappa shape index (κ1) is 18.9. The quantitative estimate of drug-likeness (QED) is 0.642. The van der Waals surface area contributed by atoms with E-state index >= 15 is 0 Å². The van der Waals surface area contributed by atoms with Gasteiger partial charge in [-0.1, -0.05) is 60.2 Å². The van der Waals surface area contributed by atoms with E-state index < -0.39 is 0 Å². The molecule has 1 fully saturated rings. The van der Waals surface area contributed by atoms with Gasteiger partial charge in [-0.2, -0.15) is 0 Å². The van der Waals surface area contributed by atoms with Crippen LogP contribution in [-0.2, 0) is 4.79 Å². The summed E-state index contributed by atoms with van der Waals surface area (Å²) in [5, 5.41) is 0. The van der Waals surface area contributed by atoms with Gasteiger partial charge in [-0.05, 0) is 18.6 Å². The van der Waals surface area contributed by atoms with E-state index in [4.69, 9.17) is 0 Å². The van der Waals surface area contributed by atoms with Crippen LogP contribution in [0.3, 0.4) is 0 Å². The van der Waals surface area contributed by atoms with E-state index in [9.17, 15) is 4.79 Å². The molecule has 2 heterocycles. The summed E-state index contributed by atoms with van der Waals surface area (Å²) < 4.78 is 0. The third-order valence-electron chi connectivity index (χ3n) is 5.13. The zero-order valence-corrected chi connectivity index (χ0v) is 16.5. The van der Waals surface area contributed by atoms with Crippen LogP contribution in [0.5, 0.6) is 0 Å². The Morgan fingerprint density at radius 2 is 1.66 bits per heavy atom. The number of hydrogen-bond acceptors (Lipinski definition) is 4. The van der Waals surface area contributed by atoms with Gasteiger partial charge >= 0.3 is 0 Å². The molecule has 2 aromatic carbocycles. The molecule has 1 aliphatic heterocycles. The van der Waals surface area contributed by atoms with Crippen molar-refractivity contribution in [3.05, 3.63) is 84.2 Å². The van der Waals surface area contributed by atoms with Crippen molar-refractivity contribution in [2.24, 2.45) is 0 Å². The lowest BCUT2D eigenvalue weighted by Crippen LogP contribution is -2.48. The second-order valence-corrected chi connectivity index (χ2v) is 7.18. The number of carbonyl (C=O) groups is 1. The summed E-state index contributed by atoms with van der Waals surface area (Å²) >= 11 is 0. The van der Waals surface area contributed by atoms with Gasteiger partial charge in [0.15, 0.2) is 0 Å². The maximum absolute atomic E-state index is 12.5. The standard InChI is InChI=1S/C24H24N4O/c1-19-7-10-21(11-8-19)22-17-23(26-18-25-22)27-13-15-28(16-14-27)24(29)12-9-20-5-3-2-4-6-20/h2-12,17-18H,13-16H2,1H3. The molecule has 0 saturated carbocycles. The smallest absolute Gasteiger partial charge is 0.246 e. The Labute approximate surface area is 171 Å². The Balaban J connectivity index is 1.38. The summed E-state index contributed by atoms with van der Waals surface area (Å²) in [4.78, 5) is 25.4. The molecular formula is C24H24N4O. The summed E-state index contributed by atoms with van der Waals surface area (Å²) in [5.74, 6) is 0.957. The maximum Gasteiger partial charge on any atom is 0.246 e. The molecule has 1 amide bonds. The van der Waals surface area contributed by atoms with Crippen molar-refractivity contribution < 1.29 is 4.79 Å². The van der Waals surface area contributed by atoms with Gasteiger partial charge in [0.05, 0.1) is 5.69 Å². The average Bonchev–Trinajstić information content (AvgIpc) is 2.79. The molecule has 0 bridgehead atoms. The second kappa shape index (κ2) is 8.69. The molecular weight excluding hydrogens is 360 g/mol. The molecule has 0 atom stereocenters. The molecule has 29 heavy (non-hydrogen) atoms. The Bertz CT molecular complexity index is 991. The van der Waals surface area contributed by atoms with Gasteiger partial charge in [-0.3, -0.25) is 4.79 Å². The number of nitrogens with zero attached hydrogens (tertiary/aromatic N) is 4. The first-order chi connectivity index (χ1) is 14.2. The van der Waals surface area contributed by atoms with Crippen molar-refractivity contribution in [1.82, 2.24) is 14.9 Å². The molecule has 0 aliphatic carbocycles. The topological polar surface area (TPSA) is 49.3 Å². The highest BCUT2D eigenvalue weighted by Crippen LogP contribution is 2.22. The molecule has 1 aliphatic rings. The Kier molecular flexibility index (Phi) is 5.66. The monoisotopic (exact) mass is 384 g/mol. The minimum atomic E-state index is 0.0523. The van der Waals surface area contributed by atoms with Crippen molar-refractivity contribution in [3.8, 4) is 11.3 Å². The van der Waals surface area contributed by atoms with Crippen molar-refractivity contribution in [1.29, 1.82) is 0 Å². The number of piperazine rings is 1. The summed E-state index contributed by atoms with van der Waals surface area (Å²) in [6.45, 7) is 4.96. The van der Waals surface area contributed by atoms with Crippen molar-refractivity contribution in [3.63, 3.8) is 0 Å². The average molecular weight is 384 g/mol. The molecule has 0 spiro atoms. The van der Waals surface area contributed by atoms with Crippen molar-refractivity contribution in [2.75, 3.05) is 31.1 Å². The van der Waals surface area contributed by atoms with E-state index in [0.717, 1.165) is 35.7 Å². The van der Waals surface area contributed by atoms with Crippen LogP contribution in [0.4, 0.5) is 5.82 Å². The minimum absolute atomic E-state index is 0.0523. The molecule has 0 unspecified atom stereocenters. The van der Waals surface area contributed by atoms with Crippen LogP contribution < -0.4 is 4.90 Å². The Morgan fingerprint density at radius 1 is 0.931 bits per heavy atom. The molecule has 5 heteroatoms. The predicted octanol–water partition coefficient (Wildman–Crippen LogP) is 3.81. The van der Waals surface area contributed by atoms with Gasteiger partial charge in [0, 0.05) is 43.9 Å². The van der Waals surface area contributed by atoms with Crippen LogP contribution in [0.15, 0.2) is 73.1 Å². The van der Waals surface area contributed by atoms with E-state index in [1.54, 1.807) is 12.4 Å². The largest absolute Gasteiger partial charge is 0.353 e. The first-order valence-corrected chi connectivity index (χ1v) is 9.85. The molecule has 1 saturated heterocycles. The van der Waals surface area contributed by atoms with Gasteiger partial charge < -0.3 is 9.80 Å². The third kappa shape index (κ3) is 4.69. The van der Waals surface area contributed by atoms with Crippen LogP contribution in [0.2, 0.25) is 0 Å². The maximum atomic E-state index is 12.5. The van der Waals surface area contributed by atoms with Crippen molar-refractivity contribution in [2.45, 2.75) is 6.92 Å². The Morgan fingerprint density at radius 3 is 2.38 bits per heavy atom. The highest BCUT2D eigenvalue weighted by molar-refractivity contribution is 5.92. The van der Waals surface area contributed by atoms with Crippen LogP contribution >= 0.6 is 0 Å². The number of amides is 1. The molecule has 3 aromatic rings. The lowest BCUT2D eigenvalue weighted by molar-refractivity contribution is -0.126. The van der Waals surface area contributed by atoms with Crippen molar-refractivity contribution >= 4 is 17.8 Å². The zero-order chi connectivity index (χ0) is 20.1. The molecule has 146 valence electrons. The fourth-order valence-electron chi connectivity index (χ4n) is 3.40. The molecule has 4 rings (SSSR count). The van der Waals surface area contributed by atoms with Gasteiger partial charge in [0.2, 0.25) is 5.91 Å². The van der Waals surface area contributed by atoms with E-state index in [-0.39, 0.29) is 5.91 Å². The van der Waals surface area contributed by atoms with Crippen LogP contribution in [-0.4, -0.2) is 47.0 Å². The fourth-order valence-corrected chi connectivity index (χ4v) is 3.40. The van der Waals surface area contributed by atoms with Crippen LogP contribution in [0.1, 0.15) is 11.1 Å². The Hall–Kier alpha value is -3.47. The van der Waals surface area contributed by atoms with Gasteiger partial charge in [-0.25, -0.2) is 9.97 Å². The molecule has 1 aromatic heterocycles. The highest BCUT2D eigenvalue weighted by atomic mass is 16.2. The summed E-state index contributed by atoms with van der Waals surface area (Å²) in [6, 6.07) is 20.2. The molecule has 0 radical (unpaired) electrons. The molecule has 0 N–H and O–H groups in total. The lowest BCUT2D eigenvalue weighted by atomic mass is 10.1. The number of hydrogen-bond donors (Lipinski definition) is 0. The SMILES string of the molecule is Cc1ccc(-c2cc(N3CCN(C(=O)C=Cc4ccccc4)CC3)ncn2)cc1. The van der Waals surface area contributed by atoms with Crippen LogP contribution in [0, 0.1) is 6.92 Å². The second-order valence-electron chi connectivity index (χ2n) is 7.18. The van der Waals surface area contributed by atoms with Gasteiger partial charge in [0.25, 0.3) is 0 Å². The number of anilines is 1. The van der Waals surface area contributed by atoms with Gasteiger partial charge in [0.1, 0.15) is 12.1 Å². The lowest BCUT2D eigenvalue weighted by Gasteiger charge is -2.35. The number of carbonyl (C=O) groups excluding carboxylic acids is 1.